The van der Waals surface area contributed by atoms with Gasteiger partial charge in [0, 0.05) is 23.9 Å². The van der Waals surface area contributed by atoms with Crippen molar-refractivity contribution < 1.29 is 14.3 Å². The maximum Gasteiger partial charge on any atom is 0.330 e. The molecule has 0 saturated heterocycles. The lowest BCUT2D eigenvalue weighted by Crippen LogP contribution is -2.03. The van der Waals surface area contributed by atoms with Gasteiger partial charge >= 0.3 is 5.97 Å². The molecule has 1 aromatic heterocycles. The fourth-order valence-corrected chi connectivity index (χ4v) is 2.02. The van der Waals surface area contributed by atoms with E-state index in [0.717, 1.165) is 36.3 Å². The Balaban J connectivity index is 1.65. The van der Waals surface area contributed by atoms with Gasteiger partial charge in [-0.2, -0.15) is 0 Å². The van der Waals surface area contributed by atoms with Crippen LogP contribution in [0.15, 0.2) is 55.3 Å². The second kappa shape index (κ2) is 9.41. The fraction of sp³-hybridized carbons (Fsp3) is 0.263. The van der Waals surface area contributed by atoms with E-state index in [4.69, 9.17) is 9.47 Å². The number of carbonyl (C=O) groups is 1. The van der Waals surface area contributed by atoms with Crippen LogP contribution in [0.25, 0.3) is 11.3 Å². The normalized spacial score (nSPS) is 10.1. The molecule has 1 heterocycles. The number of hydrogen-bond donors (Lipinski definition) is 0. The van der Waals surface area contributed by atoms with Gasteiger partial charge < -0.3 is 9.47 Å². The highest BCUT2D eigenvalue weighted by Crippen LogP contribution is 2.20. The monoisotopic (exact) mass is 310 g/mol. The summed E-state index contributed by atoms with van der Waals surface area (Å²) in [6.07, 6.45) is 5.54. The molecule has 0 N–H and O–H groups in total. The number of carbonyl (C=O) groups excluding carboxylic acids is 1. The molecule has 1 aromatic carbocycles. The van der Waals surface area contributed by atoms with E-state index in [1.165, 1.54) is 6.08 Å². The minimum absolute atomic E-state index is 0.368. The lowest BCUT2D eigenvalue weighted by Gasteiger charge is -2.07. The number of hydrogen-bond acceptors (Lipinski definition) is 4. The van der Waals surface area contributed by atoms with E-state index in [2.05, 4.69) is 17.6 Å². The standard InChI is InChI=1S/C19H20NO3/c1-2-19(21)23-15-7-3-6-14-22-17-11-9-16(10-12-17)18-8-4-5-13-20-18/h2,4,8-13H,1,3,6-7,14-15H2. The molecule has 0 bridgehead atoms. The van der Waals surface area contributed by atoms with Crippen LogP contribution in [0.5, 0.6) is 5.75 Å². The minimum atomic E-state index is -0.368. The molecule has 0 unspecified atom stereocenters. The molecule has 2 aromatic rings. The summed E-state index contributed by atoms with van der Waals surface area (Å²) >= 11 is 0. The van der Waals surface area contributed by atoms with Gasteiger partial charge in [-0.3, -0.25) is 4.98 Å². The molecule has 0 atom stereocenters. The zero-order chi connectivity index (χ0) is 16.3. The first-order chi connectivity index (χ1) is 11.3. The van der Waals surface area contributed by atoms with Crippen LogP contribution in [-0.2, 0) is 9.53 Å². The molecule has 0 saturated carbocycles. The number of esters is 1. The first-order valence-electron chi connectivity index (χ1n) is 7.64. The second-order valence-electron chi connectivity index (χ2n) is 4.95. The van der Waals surface area contributed by atoms with Gasteiger partial charge in [0.05, 0.1) is 18.9 Å². The zero-order valence-electron chi connectivity index (χ0n) is 13.0. The Hall–Kier alpha value is -2.62. The summed E-state index contributed by atoms with van der Waals surface area (Å²) in [6, 6.07) is 14.5. The third kappa shape index (κ3) is 5.94. The van der Waals surface area contributed by atoms with Crippen molar-refractivity contribution in [2.24, 2.45) is 0 Å². The summed E-state index contributed by atoms with van der Waals surface area (Å²) in [7, 11) is 0. The molecular formula is C19H20NO3. The van der Waals surface area contributed by atoms with Gasteiger partial charge in [-0.15, -0.1) is 0 Å². The largest absolute Gasteiger partial charge is 0.494 e. The maximum atomic E-state index is 10.8. The van der Waals surface area contributed by atoms with Crippen LogP contribution in [0.4, 0.5) is 0 Å². The molecule has 4 nitrogen and oxygen atoms in total. The van der Waals surface area contributed by atoms with E-state index in [1.54, 1.807) is 6.20 Å². The van der Waals surface area contributed by atoms with Crippen LogP contribution in [0, 0.1) is 6.07 Å². The van der Waals surface area contributed by atoms with Crippen molar-refractivity contribution >= 4 is 5.97 Å². The predicted octanol–water partition coefficient (Wildman–Crippen LogP) is 3.83. The van der Waals surface area contributed by atoms with Gasteiger partial charge in [-0.05, 0) is 49.6 Å². The van der Waals surface area contributed by atoms with Crippen LogP contribution in [-0.4, -0.2) is 24.2 Å². The van der Waals surface area contributed by atoms with Crippen molar-refractivity contribution in [1.29, 1.82) is 0 Å². The predicted molar refractivity (Wildman–Crippen MR) is 89.0 cm³/mol. The van der Waals surface area contributed by atoms with Crippen molar-refractivity contribution in [3.63, 3.8) is 0 Å². The molecule has 0 aliphatic heterocycles. The first-order valence-corrected chi connectivity index (χ1v) is 7.64. The number of unbranched alkanes of at least 4 members (excludes halogenated alkanes) is 2. The molecule has 0 aliphatic carbocycles. The Bertz CT molecular complexity index is 608. The first kappa shape index (κ1) is 16.7. The number of rotatable bonds is 9. The number of pyridine rings is 1. The quantitative estimate of drug-likeness (QED) is 0.401. The van der Waals surface area contributed by atoms with Crippen LogP contribution >= 0.6 is 0 Å². The lowest BCUT2D eigenvalue weighted by atomic mass is 10.1. The van der Waals surface area contributed by atoms with E-state index in [-0.39, 0.29) is 5.97 Å². The van der Waals surface area contributed by atoms with Gasteiger partial charge in [-0.25, -0.2) is 4.79 Å². The molecule has 4 heteroatoms. The summed E-state index contributed by atoms with van der Waals surface area (Å²) in [5, 5.41) is 0. The van der Waals surface area contributed by atoms with Crippen LogP contribution in [0.2, 0.25) is 0 Å². The number of benzene rings is 1. The average molecular weight is 310 g/mol. The minimum Gasteiger partial charge on any atom is -0.494 e. The Morgan fingerprint density at radius 1 is 1.13 bits per heavy atom. The van der Waals surface area contributed by atoms with Gasteiger partial charge in [-0.1, -0.05) is 12.6 Å². The van der Waals surface area contributed by atoms with Crippen LogP contribution in [0.1, 0.15) is 19.3 Å². The summed E-state index contributed by atoms with van der Waals surface area (Å²) in [5.74, 6) is 0.474. The molecule has 119 valence electrons. The third-order valence-corrected chi connectivity index (χ3v) is 3.23. The lowest BCUT2D eigenvalue weighted by molar-refractivity contribution is -0.137. The van der Waals surface area contributed by atoms with Crippen LogP contribution in [0.3, 0.4) is 0 Å². The Labute approximate surface area is 136 Å². The Morgan fingerprint density at radius 2 is 1.91 bits per heavy atom. The topological polar surface area (TPSA) is 48.4 Å². The van der Waals surface area contributed by atoms with E-state index >= 15 is 0 Å². The summed E-state index contributed by atoms with van der Waals surface area (Å²) in [4.78, 5) is 15.1. The average Bonchev–Trinajstić information content (AvgIpc) is 2.62. The van der Waals surface area contributed by atoms with Crippen molar-refractivity contribution in [1.82, 2.24) is 4.98 Å². The van der Waals surface area contributed by atoms with Gasteiger partial charge in [0.2, 0.25) is 0 Å². The van der Waals surface area contributed by atoms with E-state index in [9.17, 15) is 4.79 Å². The number of ether oxygens (including phenoxy) is 2. The Kier molecular flexibility index (Phi) is 6.85. The summed E-state index contributed by atoms with van der Waals surface area (Å²) in [5.41, 5.74) is 1.97. The fourth-order valence-electron chi connectivity index (χ4n) is 2.02. The van der Waals surface area contributed by atoms with Gasteiger partial charge in [0.25, 0.3) is 0 Å². The molecular weight excluding hydrogens is 290 g/mol. The van der Waals surface area contributed by atoms with Crippen molar-refractivity contribution in [2.45, 2.75) is 19.3 Å². The number of aromatic nitrogens is 1. The third-order valence-electron chi connectivity index (χ3n) is 3.23. The van der Waals surface area contributed by atoms with Gasteiger partial charge in [0.15, 0.2) is 0 Å². The molecule has 23 heavy (non-hydrogen) atoms. The zero-order valence-corrected chi connectivity index (χ0v) is 13.0. The Morgan fingerprint density at radius 3 is 2.61 bits per heavy atom. The highest BCUT2D eigenvalue weighted by molar-refractivity contribution is 5.81. The SMILES string of the molecule is C=CC(=O)OCCCCCOc1ccc(-c2cc[c]cn2)cc1. The second-order valence-corrected chi connectivity index (χ2v) is 4.95. The van der Waals surface area contributed by atoms with Crippen LogP contribution < -0.4 is 4.74 Å². The molecule has 0 fully saturated rings. The van der Waals surface area contributed by atoms with Gasteiger partial charge in [0.1, 0.15) is 5.75 Å². The van der Waals surface area contributed by atoms with Crippen molar-refractivity contribution in [3.05, 3.63) is 61.3 Å². The maximum absolute atomic E-state index is 10.8. The van der Waals surface area contributed by atoms with E-state index < -0.39 is 0 Å². The highest BCUT2D eigenvalue weighted by atomic mass is 16.5. The van der Waals surface area contributed by atoms with E-state index in [1.807, 2.05) is 36.4 Å². The molecule has 0 aliphatic rings. The number of nitrogens with zero attached hydrogens (tertiary/aromatic N) is 1. The van der Waals surface area contributed by atoms with Crippen molar-refractivity contribution in [2.75, 3.05) is 13.2 Å². The summed E-state index contributed by atoms with van der Waals surface area (Å²) < 4.78 is 10.6. The summed E-state index contributed by atoms with van der Waals surface area (Å²) in [6.45, 7) is 4.43. The molecule has 2 rings (SSSR count). The molecule has 1 radical (unpaired) electrons. The highest BCUT2D eigenvalue weighted by Gasteiger charge is 2.00. The van der Waals surface area contributed by atoms with Crippen molar-refractivity contribution in [3.8, 4) is 17.0 Å². The molecule has 0 amide bonds. The smallest absolute Gasteiger partial charge is 0.330 e. The molecule has 0 spiro atoms. The van der Waals surface area contributed by atoms with E-state index in [0.29, 0.717) is 13.2 Å².